The zero-order valence-electron chi connectivity index (χ0n) is 11.4. The largest absolute Gasteiger partial charge is 0.322 e. The van der Waals surface area contributed by atoms with Gasteiger partial charge in [-0.15, -0.1) is 0 Å². The van der Waals surface area contributed by atoms with Crippen molar-refractivity contribution in [1.82, 2.24) is 0 Å². The molecule has 0 aliphatic carbocycles. The Balaban J connectivity index is 2.16. The zero-order valence-corrected chi connectivity index (χ0v) is 11.4. The maximum absolute atomic E-state index is 12.2. The summed E-state index contributed by atoms with van der Waals surface area (Å²) in [6, 6.07) is 15.6. The van der Waals surface area contributed by atoms with Gasteiger partial charge in [-0.05, 0) is 42.7 Å². The molecule has 2 aromatic rings. The third-order valence-corrected chi connectivity index (χ3v) is 3.12. The maximum atomic E-state index is 12.2. The van der Waals surface area contributed by atoms with Crippen molar-refractivity contribution in [3.63, 3.8) is 0 Å². The summed E-state index contributed by atoms with van der Waals surface area (Å²) in [6.45, 7) is 4.13. The first-order valence-electron chi connectivity index (χ1n) is 6.66. The molecule has 0 saturated heterocycles. The summed E-state index contributed by atoms with van der Waals surface area (Å²) in [5.74, 6) is -0.0488. The van der Waals surface area contributed by atoms with Crippen LogP contribution in [0.3, 0.4) is 0 Å². The fourth-order valence-electron chi connectivity index (χ4n) is 2.06. The predicted octanol–water partition coefficient (Wildman–Crippen LogP) is 4.20. The lowest BCUT2D eigenvalue weighted by molar-refractivity contribution is 0.102. The fraction of sp³-hybridized carbons (Fsp3) is 0.235. The highest BCUT2D eigenvalue weighted by atomic mass is 16.1. The third-order valence-electron chi connectivity index (χ3n) is 3.12. The van der Waals surface area contributed by atoms with Gasteiger partial charge in [0.05, 0.1) is 0 Å². The van der Waals surface area contributed by atoms with E-state index in [4.69, 9.17) is 0 Å². The molecule has 0 spiro atoms. The summed E-state index contributed by atoms with van der Waals surface area (Å²) in [7, 11) is 0. The minimum Gasteiger partial charge on any atom is -0.322 e. The topological polar surface area (TPSA) is 29.1 Å². The van der Waals surface area contributed by atoms with Gasteiger partial charge < -0.3 is 5.32 Å². The molecule has 0 radical (unpaired) electrons. The van der Waals surface area contributed by atoms with Gasteiger partial charge >= 0.3 is 0 Å². The van der Waals surface area contributed by atoms with Crippen LogP contribution in [-0.4, -0.2) is 5.91 Å². The van der Waals surface area contributed by atoms with Crippen LogP contribution in [0, 0.1) is 6.92 Å². The van der Waals surface area contributed by atoms with Crippen LogP contribution in [0.15, 0.2) is 48.5 Å². The summed E-state index contributed by atoms with van der Waals surface area (Å²) in [5.41, 5.74) is 3.86. The molecule has 0 aliphatic rings. The Morgan fingerprint density at radius 1 is 1.11 bits per heavy atom. The molecule has 2 heteroatoms. The first kappa shape index (κ1) is 13.3. The van der Waals surface area contributed by atoms with Crippen LogP contribution in [0.2, 0.25) is 0 Å². The molecule has 0 atom stereocenters. The van der Waals surface area contributed by atoms with Crippen LogP contribution in [0.25, 0.3) is 0 Å². The van der Waals surface area contributed by atoms with Crippen LogP contribution in [0.1, 0.15) is 34.8 Å². The van der Waals surface area contributed by atoms with Crippen molar-refractivity contribution in [3.8, 4) is 0 Å². The van der Waals surface area contributed by atoms with Gasteiger partial charge in [-0.3, -0.25) is 4.79 Å². The number of carbonyl (C=O) groups excluding carboxylic acids is 1. The molecule has 0 saturated carbocycles. The average molecular weight is 253 g/mol. The normalized spacial score (nSPS) is 10.2. The lowest BCUT2D eigenvalue weighted by atomic mass is 10.1. The maximum Gasteiger partial charge on any atom is 0.255 e. The molecule has 0 heterocycles. The summed E-state index contributed by atoms with van der Waals surface area (Å²) < 4.78 is 0. The van der Waals surface area contributed by atoms with Crippen LogP contribution < -0.4 is 5.32 Å². The van der Waals surface area contributed by atoms with Crippen LogP contribution in [-0.2, 0) is 6.42 Å². The van der Waals surface area contributed by atoms with E-state index in [1.807, 2.05) is 49.4 Å². The molecule has 2 rings (SSSR count). The second kappa shape index (κ2) is 6.19. The second-order valence-corrected chi connectivity index (χ2v) is 4.72. The summed E-state index contributed by atoms with van der Waals surface area (Å²) in [4.78, 5) is 12.2. The van der Waals surface area contributed by atoms with Crippen molar-refractivity contribution >= 4 is 11.6 Å². The summed E-state index contributed by atoms with van der Waals surface area (Å²) in [6.07, 6.45) is 2.09. The van der Waals surface area contributed by atoms with Gasteiger partial charge in [0.15, 0.2) is 0 Å². The number of amides is 1. The Hall–Kier alpha value is -2.09. The van der Waals surface area contributed by atoms with E-state index in [0.29, 0.717) is 5.56 Å². The molecule has 0 unspecified atom stereocenters. The molecule has 1 N–H and O–H groups in total. The summed E-state index contributed by atoms with van der Waals surface area (Å²) in [5, 5.41) is 2.96. The smallest absolute Gasteiger partial charge is 0.255 e. The van der Waals surface area contributed by atoms with E-state index in [-0.39, 0.29) is 5.91 Å². The van der Waals surface area contributed by atoms with Gasteiger partial charge in [-0.1, -0.05) is 43.7 Å². The quantitative estimate of drug-likeness (QED) is 0.869. The van der Waals surface area contributed by atoms with Gasteiger partial charge in [0, 0.05) is 11.3 Å². The number of aryl methyl sites for hydroxylation is 2. The Kier molecular flexibility index (Phi) is 4.35. The lowest BCUT2D eigenvalue weighted by Crippen LogP contribution is -2.12. The van der Waals surface area contributed by atoms with Crippen molar-refractivity contribution in [1.29, 1.82) is 0 Å². The molecule has 0 bridgehead atoms. The first-order valence-corrected chi connectivity index (χ1v) is 6.66. The number of hydrogen-bond acceptors (Lipinski definition) is 1. The number of rotatable bonds is 4. The van der Waals surface area contributed by atoms with E-state index >= 15 is 0 Å². The monoisotopic (exact) mass is 253 g/mol. The Labute approximate surface area is 114 Å². The first-order chi connectivity index (χ1) is 9.20. The van der Waals surface area contributed by atoms with E-state index in [9.17, 15) is 4.79 Å². The van der Waals surface area contributed by atoms with E-state index in [0.717, 1.165) is 24.1 Å². The van der Waals surface area contributed by atoms with Gasteiger partial charge in [0.1, 0.15) is 0 Å². The number of anilines is 1. The predicted molar refractivity (Wildman–Crippen MR) is 79.6 cm³/mol. The second-order valence-electron chi connectivity index (χ2n) is 4.72. The number of benzene rings is 2. The minimum atomic E-state index is -0.0488. The van der Waals surface area contributed by atoms with Gasteiger partial charge in [-0.2, -0.15) is 0 Å². The molecular formula is C17H19NO. The van der Waals surface area contributed by atoms with Crippen LogP contribution >= 0.6 is 0 Å². The number of carbonyl (C=O) groups is 1. The highest BCUT2D eigenvalue weighted by Gasteiger charge is 2.07. The van der Waals surface area contributed by atoms with Gasteiger partial charge in [0.2, 0.25) is 0 Å². The van der Waals surface area contributed by atoms with E-state index in [2.05, 4.69) is 18.3 Å². The van der Waals surface area contributed by atoms with Crippen molar-refractivity contribution in [2.75, 3.05) is 5.32 Å². The van der Waals surface area contributed by atoms with Crippen LogP contribution in [0.5, 0.6) is 0 Å². The molecule has 0 fully saturated rings. The molecule has 1 amide bonds. The fourth-order valence-corrected chi connectivity index (χ4v) is 2.06. The molecular weight excluding hydrogens is 234 g/mol. The molecule has 2 aromatic carbocycles. The van der Waals surface area contributed by atoms with E-state index < -0.39 is 0 Å². The van der Waals surface area contributed by atoms with Crippen LogP contribution in [0.4, 0.5) is 5.69 Å². The van der Waals surface area contributed by atoms with E-state index in [1.165, 1.54) is 5.56 Å². The lowest BCUT2D eigenvalue weighted by Gasteiger charge is -2.09. The molecule has 0 aromatic heterocycles. The molecule has 19 heavy (non-hydrogen) atoms. The number of hydrogen-bond donors (Lipinski definition) is 1. The SMILES string of the molecule is CCCc1cccc(C(=O)Nc2ccccc2C)c1. The highest BCUT2D eigenvalue weighted by molar-refractivity contribution is 6.04. The van der Waals surface area contributed by atoms with Crippen molar-refractivity contribution < 1.29 is 4.79 Å². The Bertz CT molecular complexity index is 575. The average Bonchev–Trinajstić information content (AvgIpc) is 2.42. The van der Waals surface area contributed by atoms with Crippen molar-refractivity contribution in [2.45, 2.75) is 26.7 Å². The van der Waals surface area contributed by atoms with Crippen molar-refractivity contribution in [3.05, 3.63) is 65.2 Å². The molecule has 0 aliphatic heterocycles. The standard InChI is InChI=1S/C17H19NO/c1-3-7-14-9-6-10-15(12-14)17(19)18-16-11-5-4-8-13(16)2/h4-6,8-12H,3,7H2,1-2H3,(H,18,19). The highest BCUT2D eigenvalue weighted by Crippen LogP contribution is 2.15. The van der Waals surface area contributed by atoms with E-state index in [1.54, 1.807) is 0 Å². The number of nitrogens with one attached hydrogen (secondary N) is 1. The van der Waals surface area contributed by atoms with Crippen molar-refractivity contribution in [2.24, 2.45) is 0 Å². The van der Waals surface area contributed by atoms with Gasteiger partial charge in [0.25, 0.3) is 5.91 Å². The zero-order chi connectivity index (χ0) is 13.7. The Morgan fingerprint density at radius 2 is 1.89 bits per heavy atom. The molecule has 98 valence electrons. The minimum absolute atomic E-state index is 0.0488. The molecule has 2 nitrogen and oxygen atoms in total. The summed E-state index contributed by atoms with van der Waals surface area (Å²) >= 11 is 0. The number of para-hydroxylation sites is 1. The van der Waals surface area contributed by atoms with Gasteiger partial charge in [-0.25, -0.2) is 0 Å². The third kappa shape index (κ3) is 3.44. The Morgan fingerprint density at radius 3 is 2.63 bits per heavy atom.